The van der Waals surface area contributed by atoms with Gasteiger partial charge >= 0.3 is 0 Å². The summed E-state index contributed by atoms with van der Waals surface area (Å²) in [5, 5.41) is 2.94. The van der Waals surface area contributed by atoms with Gasteiger partial charge in [0, 0.05) is 38.4 Å². The van der Waals surface area contributed by atoms with Crippen LogP contribution >= 0.6 is 0 Å². The zero-order valence-corrected chi connectivity index (χ0v) is 29.9. The Morgan fingerprint density at radius 1 is 0.357 bits per heavy atom. The summed E-state index contributed by atoms with van der Waals surface area (Å²) in [6, 6.07) is 61.7. The molecule has 0 unspecified atom stereocenters. The minimum absolute atomic E-state index is 0.516. The van der Waals surface area contributed by atoms with Crippen molar-refractivity contribution in [2.75, 3.05) is 0 Å². The quantitative estimate of drug-likeness (QED) is 0.170. The molecule has 0 amide bonds. The van der Waals surface area contributed by atoms with Gasteiger partial charge in [-0.15, -0.1) is 0 Å². The lowest BCUT2D eigenvalue weighted by Crippen LogP contribution is -2.06. The number of nitrogens with zero attached hydrogens (tertiary/aromatic N) is 6. The van der Waals surface area contributed by atoms with Gasteiger partial charge in [0.1, 0.15) is 16.8 Å². The van der Waals surface area contributed by atoms with Gasteiger partial charge in [-0.05, 0) is 35.4 Å². The second-order valence-electron chi connectivity index (χ2n) is 13.7. The molecular weight excluding hydrogens is 689 g/mol. The standard InChI is InChI=1S/C49H30N6O/c1-5-16-31(17-6-1)35-24-15-25-36(28-35)48-52-47(34-22-11-4-12-23-34)53-49(54-48)55-40-27-14-13-26-37(40)38-30-42-39(29-41(38)55)44-45(56-42)43(32-18-7-2-8-19-32)50-46(51-44)33-20-9-3-10-21-33/h1-30H. The highest BCUT2D eigenvalue weighted by Crippen LogP contribution is 2.40. The van der Waals surface area contributed by atoms with Gasteiger partial charge in [-0.1, -0.05) is 158 Å². The van der Waals surface area contributed by atoms with Crippen LogP contribution in [0.2, 0.25) is 0 Å². The van der Waals surface area contributed by atoms with E-state index in [1.165, 1.54) is 0 Å². The molecule has 0 fully saturated rings. The molecule has 0 N–H and O–H groups in total. The van der Waals surface area contributed by atoms with Crippen molar-refractivity contribution < 1.29 is 4.42 Å². The molecule has 7 aromatic carbocycles. The average Bonchev–Trinajstić information content (AvgIpc) is 3.81. The smallest absolute Gasteiger partial charge is 0.238 e. The van der Waals surface area contributed by atoms with Gasteiger partial charge in [0.25, 0.3) is 0 Å². The van der Waals surface area contributed by atoms with Crippen LogP contribution in [0.4, 0.5) is 0 Å². The predicted octanol–water partition coefficient (Wildman–Crippen LogP) is 12.0. The Kier molecular flexibility index (Phi) is 7.35. The zero-order chi connectivity index (χ0) is 37.0. The van der Waals surface area contributed by atoms with Crippen molar-refractivity contribution in [2.45, 2.75) is 0 Å². The minimum Gasteiger partial charge on any atom is -0.452 e. The molecule has 0 aliphatic rings. The summed E-state index contributed by atoms with van der Waals surface area (Å²) in [6.07, 6.45) is 0. The summed E-state index contributed by atoms with van der Waals surface area (Å²) in [5.74, 6) is 2.32. The molecule has 7 heteroatoms. The molecule has 4 aromatic heterocycles. The molecule has 11 aromatic rings. The molecule has 0 bridgehead atoms. The van der Waals surface area contributed by atoms with Crippen molar-refractivity contribution >= 4 is 43.9 Å². The lowest BCUT2D eigenvalue weighted by atomic mass is 10.0. The fraction of sp³-hybridized carbons (Fsp3) is 0. The van der Waals surface area contributed by atoms with E-state index in [4.69, 9.17) is 29.3 Å². The summed E-state index contributed by atoms with van der Waals surface area (Å²) in [6.45, 7) is 0. The van der Waals surface area contributed by atoms with E-state index in [9.17, 15) is 0 Å². The Hall–Kier alpha value is -7.77. The van der Waals surface area contributed by atoms with Gasteiger partial charge in [-0.3, -0.25) is 4.57 Å². The number of para-hydroxylation sites is 1. The van der Waals surface area contributed by atoms with Crippen LogP contribution in [0.5, 0.6) is 0 Å². The third-order valence-electron chi connectivity index (χ3n) is 10.3. The maximum absolute atomic E-state index is 6.73. The van der Waals surface area contributed by atoms with E-state index in [0.29, 0.717) is 29.0 Å². The Labute approximate surface area is 321 Å². The average molecular weight is 719 g/mol. The monoisotopic (exact) mass is 718 g/mol. The largest absolute Gasteiger partial charge is 0.452 e. The molecule has 0 radical (unpaired) electrons. The highest BCUT2D eigenvalue weighted by Gasteiger charge is 2.23. The summed E-state index contributed by atoms with van der Waals surface area (Å²) in [5.41, 5.74) is 10.7. The van der Waals surface area contributed by atoms with Crippen LogP contribution in [0.1, 0.15) is 0 Å². The van der Waals surface area contributed by atoms with Gasteiger partial charge in [0.05, 0.1) is 11.0 Å². The van der Waals surface area contributed by atoms with Crippen molar-refractivity contribution in [3.05, 3.63) is 182 Å². The maximum atomic E-state index is 6.73. The zero-order valence-electron chi connectivity index (χ0n) is 29.9. The molecule has 0 atom stereocenters. The minimum atomic E-state index is 0.516. The molecule has 0 aliphatic heterocycles. The van der Waals surface area contributed by atoms with E-state index >= 15 is 0 Å². The normalized spacial score (nSPS) is 11.6. The van der Waals surface area contributed by atoms with E-state index in [0.717, 1.165) is 77.4 Å². The van der Waals surface area contributed by atoms with E-state index in [1.54, 1.807) is 0 Å². The summed E-state index contributed by atoms with van der Waals surface area (Å²) in [7, 11) is 0. The van der Waals surface area contributed by atoms with Gasteiger partial charge in [0.2, 0.25) is 5.95 Å². The van der Waals surface area contributed by atoms with Gasteiger partial charge in [0.15, 0.2) is 23.1 Å². The van der Waals surface area contributed by atoms with Crippen molar-refractivity contribution in [3.63, 3.8) is 0 Å². The Balaban J connectivity index is 1.19. The molecule has 262 valence electrons. The highest BCUT2D eigenvalue weighted by molar-refractivity contribution is 6.17. The van der Waals surface area contributed by atoms with Crippen molar-refractivity contribution in [3.8, 4) is 62.5 Å². The Morgan fingerprint density at radius 2 is 0.911 bits per heavy atom. The first kappa shape index (κ1) is 31.7. The van der Waals surface area contributed by atoms with Crippen LogP contribution in [-0.2, 0) is 0 Å². The third kappa shape index (κ3) is 5.33. The van der Waals surface area contributed by atoms with Crippen LogP contribution in [-0.4, -0.2) is 29.5 Å². The van der Waals surface area contributed by atoms with Crippen LogP contribution in [0.15, 0.2) is 186 Å². The van der Waals surface area contributed by atoms with Crippen molar-refractivity contribution in [1.82, 2.24) is 29.5 Å². The molecule has 11 rings (SSSR count). The topological polar surface area (TPSA) is 82.5 Å². The Morgan fingerprint density at radius 3 is 1.61 bits per heavy atom. The first-order chi connectivity index (χ1) is 27.7. The van der Waals surface area contributed by atoms with E-state index in [1.807, 2.05) is 91.0 Å². The number of rotatable bonds is 6. The molecule has 0 saturated heterocycles. The number of hydrogen-bond donors (Lipinski definition) is 0. The molecular formula is C49H30N6O. The molecule has 7 nitrogen and oxygen atoms in total. The van der Waals surface area contributed by atoms with Gasteiger partial charge < -0.3 is 4.42 Å². The maximum Gasteiger partial charge on any atom is 0.238 e. The lowest BCUT2D eigenvalue weighted by molar-refractivity contribution is 0.668. The van der Waals surface area contributed by atoms with Crippen LogP contribution < -0.4 is 0 Å². The van der Waals surface area contributed by atoms with Crippen molar-refractivity contribution in [2.24, 2.45) is 0 Å². The second kappa shape index (κ2) is 13.0. The van der Waals surface area contributed by atoms with E-state index < -0.39 is 0 Å². The molecule has 56 heavy (non-hydrogen) atoms. The third-order valence-corrected chi connectivity index (χ3v) is 10.3. The van der Waals surface area contributed by atoms with Gasteiger partial charge in [-0.25, -0.2) is 15.0 Å². The summed E-state index contributed by atoms with van der Waals surface area (Å²) in [4.78, 5) is 25.7. The molecule has 0 aliphatic carbocycles. The number of aromatic nitrogens is 6. The van der Waals surface area contributed by atoms with Gasteiger partial charge in [-0.2, -0.15) is 9.97 Å². The second-order valence-corrected chi connectivity index (χ2v) is 13.7. The van der Waals surface area contributed by atoms with Crippen LogP contribution in [0, 0.1) is 0 Å². The van der Waals surface area contributed by atoms with E-state index in [2.05, 4.69) is 95.6 Å². The number of furan rings is 1. The van der Waals surface area contributed by atoms with Crippen LogP contribution in [0.3, 0.4) is 0 Å². The van der Waals surface area contributed by atoms with Crippen molar-refractivity contribution in [1.29, 1.82) is 0 Å². The summed E-state index contributed by atoms with van der Waals surface area (Å²) >= 11 is 0. The molecule has 0 spiro atoms. The first-order valence-corrected chi connectivity index (χ1v) is 18.5. The summed E-state index contributed by atoms with van der Waals surface area (Å²) < 4.78 is 8.86. The lowest BCUT2D eigenvalue weighted by Gasteiger charge is -2.11. The SMILES string of the molecule is c1ccc(-c2cccc(-c3nc(-c4ccccc4)nc(-n4c5ccccc5c5cc6oc7c(-c8ccccc8)nc(-c8ccccc8)nc7c6cc54)n3)c2)cc1. The fourth-order valence-electron chi connectivity index (χ4n) is 7.61. The number of hydrogen-bond acceptors (Lipinski definition) is 6. The molecule has 4 heterocycles. The highest BCUT2D eigenvalue weighted by atomic mass is 16.3. The fourth-order valence-corrected chi connectivity index (χ4v) is 7.61. The first-order valence-electron chi connectivity index (χ1n) is 18.5. The molecule has 0 saturated carbocycles. The number of fused-ring (bicyclic) bond motifs is 6. The predicted molar refractivity (Wildman–Crippen MR) is 224 cm³/mol. The number of benzene rings is 7. The van der Waals surface area contributed by atoms with Crippen LogP contribution in [0.25, 0.3) is 106 Å². The van der Waals surface area contributed by atoms with E-state index in [-0.39, 0.29) is 0 Å². The Bertz CT molecular complexity index is 3230.